The highest BCUT2D eigenvalue weighted by atomic mass is 16.3. The van der Waals surface area contributed by atoms with Gasteiger partial charge < -0.3 is 15.5 Å². The quantitative estimate of drug-likeness (QED) is 0.847. The van der Waals surface area contributed by atoms with Crippen LogP contribution in [0.4, 0.5) is 0 Å². The van der Waals surface area contributed by atoms with E-state index in [0.717, 1.165) is 22.6 Å². The maximum absolute atomic E-state index is 12.2. The Morgan fingerprint density at radius 2 is 2.10 bits per heavy atom. The van der Waals surface area contributed by atoms with Crippen molar-refractivity contribution in [1.29, 1.82) is 0 Å². The molecule has 1 amide bonds. The van der Waals surface area contributed by atoms with E-state index in [0.29, 0.717) is 18.7 Å². The Morgan fingerprint density at radius 1 is 1.29 bits per heavy atom. The molecule has 1 aromatic carbocycles. The Labute approximate surface area is 124 Å². The van der Waals surface area contributed by atoms with Crippen molar-refractivity contribution in [3.8, 4) is 11.8 Å². The molecule has 0 aliphatic rings. The van der Waals surface area contributed by atoms with Gasteiger partial charge in [0.15, 0.2) is 0 Å². The van der Waals surface area contributed by atoms with E-state index in [9.17, 15) is 4.79 Å². The van der Waals surface area contributed by atoms with Gasteiger partial charge in [-0.2, -0.15) is 0 Å². The number of hydrogen-bond acceptors (Lipinski definition) is 3. The first-order chi connectivity index (χ1) is 10.1. The van der Waals surface area contributed by atoms with Crippen LogP contribution in [0.15, 0.2) is 34.7 Å². The van der Waals surface area contributed by atoms with Crippen molar-refractivity contribution in [2.45, 2.75) is 20.4 Å². The molecular weight excluding hydrogens is 264 g/mol. The second-order valence-electron chi connectivity index (χ2n) is 4.79. The summed E-state index contributed by atoms with van der Waals surface area (Å²) in [6, 6.07) is 9.24. The lowest BCUT2D eigenvalue weighted by Gasteiger charge is -2.05. The van der Waals surface area contributed by atoms with Gasteiger partial charge in [0.05, 0.1) is 13.1 Å². The third-order valence-electron chi connectivity index (χ3n) is 2.89. The van der Waals surface area contributed by atoms with Gasteiger partial charge in [-0.25, -0.2) is 0 Å². The number of aryl methyl sites for hydroxylation is 2. The van der Waals surface area contributed by atoms with Gasteiger partial charge >= 0.3 is 0 Å². The standard InChI is InChI=1S/C17H18N2O2/c1-12-8-14(4-3-7-18)10-15(9-12)17(20)19-11-16-6-5-13(2)21-16/h5-6,8-10H,7,11,18H2,1-2H3,(H,19,20). The van der Waals surface area contributed by atoms with Gasteiger partial charge in [0.25, 0.3) is 5.91 Å². The van der Waals surface area contributed by atoms with Crippen molar-refractivity contribution in [2.24, 2.45) is 5.73 Å². The number of nitrogens with one attached hydrogen (secondary N) is 1. The van der Waals surface area contributed by atoms with Crippen molar-refractivity contribution in [2.75, 3.05) is 6.54 Å². The minimum atomic E-state index is -0.149. The van der Waals surface area contributed by atoms with Gasteiger partial charge in [-0.05, 0) is 49.7 Å². The molecule has 0 bridgehead atoms. The third kappa shape index (κ3) is 4.23. The normalized spacial score (nSPS) is 9.86. The average Bonchev–Trinajstić information content (AvgIpc) is 2.87. The van der Waals surface area contributed by atoms with E-state index in [2.05, 4.69) is 17.2 Å². The monoisotopic (exact) mass is 282 g/mol. The largest absolute Gasteiger partial charge is 0.465 e. The predicted molar refractivity (Wildman–Crippen MR) is 81.7 cm³/mol. The Bertz CT molecular complexity index is 705. The first-order valence-corrected chi connectivity index (χ1v) is 6.72. The molecule has 4 heteroatoms. The van der Waals surface area contributed by atoms with Crippen LogP contribution in [0, 0.1) is 25.7 Å². The minimum absolute atomic E-state index is 0.149. The Balaban J connectivity index is 2.09. The van der Waals surface area contributed by atoms with Crippen LogP contribution in [0.3, 0.4) is 0 Å². The van der Waals surface area contributed by atoms with Gasteiger partial charge in [-0.1, -0.05) is 11.8 Å². The van der Waals surface area contributed by atoms with Crippen molar-refractivity contribution in [3.63, 3.8) is 0 Å². The summed E-state index contributed by atoms with van der Waals surface area (Å²) in [7, 11) is 0. The molecular formula is C17H18N2O2. The van der Waals surface area contributed by atoms with E-state index < -0.39 is 0 Å². The summed E-state index contributed by atoms with van der Waals surface area (Å²) < 4.78 is 5.42. The van der Waals surface area contributed by atoms with Gasteiger partial charge in [0.1, 0.15) is 11.5 Å². The molecule has 0 radical (unpaired) electrons. The van der Waals surface area contributed by atoms with E-state index in [1.54, 1.807) is 6.07 Å². The first kappa shape index (κ1) is 14.9. The average molecular weight is 282 g/mol. The van der Waals surface area contributed by atoms with Crippen molar-refractivity contribution in [1.82, 2.24) is 5.32 Å². The fourth-order valence-electron chi connectivity index (χ4n) is 1.99. The van der Waals surface area contributed by atoms with Gasteiger partial charge in [0.2, 0.25) is 0 Å². The lowest BCUT2D eigenvalue weighted by atomic mass is 10.1. The molecule has 0 aliphatic heterocycles. The summed E-state index contributed by atoms with van der Waals surface area (Å²) in [4.78, 5) is 12.2. The van der Waals surface area contributed by atoms with Crippen LogP contribution in [0.2, 0.25) is 0 Å². The number of amides is 1. The molecule has 0 atom stereocenters. The van der Waals surface area contributed by atoms with E-state index >= 15 is 0 Å². The number of furan rings is 1. The number of nitrogens with two attached hydrogens (primary N) is 1. The summed E-state index contributed by atoms with van der Waals surface area (Å²) in [6.45, 7) is 4.46. The maximum atomic E-state index is 12.2. The first-order valence-electron chi connectivity index (χ1n) is 6.72. The summed E-state index contributed by atoms with van der Waals surface area (Å²) >= 11 is 0. The number of carbonyl (C=O) groups is 1. The van der Waals surface area contributed by atoms with Crippen LogP contribution in [0.1, 0.15) is 33.0 Å². The molecule has 0 aliphatic carbocycles. The molecule has 0 saturated carbocycles. The molecule has 2 rings (SSSR count). The molecule has 0 unspecified atom stereocenters. The fraction of sp³-hybridized carbons (Fsp3) is 0.235. The lowest BCUT2D eigenvalue weighted by Crippen LogP contribution is -2.22. The highest BCUT2D eigenvalue weighted by Gasteiger charge is 2.08. The van der Waals surface area contributed by atoms with E-state index in [1.165, 1.54) is 0 Å². The summed E-state index contributed by atoms with van der Waals surface area (Å²) in [5.41, 5.74) is 7.72. The van der Waals surface area contributed by atoms with Crippen LogP contribution in [-0.4, -0.2) is 12.5 Å². The smallest absolute Gasteiger partial charge is 0.251 e. The zero-order chi connectivity index (χ0) is 15.2. The van der Waals surface area contributed by atoms with Gasteiger partial charge in [-0.3, -0.25) is 4.79 Å². The number of carbonyl (C=O) groups excluding carboxylic acids is 1. The molecule has 1 heterocycles. The fourth-order valence-corrected chi connectivity index (χ4v) is 1.99. The number of rotatable bonds is 3. The van der Waals surface area contributed by atoms with E-state index in [1.807, 2.05) is 38.1 Å². The minimum Gasteiger partial charge on any atom is -0.465 e. The van der Waals surface area contributed by atoms with Crippen LogP contribution < -0.4 is 11.1 Å². The Kier molecular flexibility index (Phi) is 4.81. The zero-order valence-electron chi connectivity index (χ0n) is 12.2. The van der Waals surface area contributed by atoms with E-state index in [-0.39, 0.29) is 5.91 Å². The highest BCUT2D eigenvalue weighted by Crippen LogP contribution is 2.10. The second-order valence-corrected chi connectivity index (χ2v) is 4.79. The number of hydrogen-bond donors (Lipinski definition) is 2. The molecule has 4 nitrogen and oxygen atoms in total. The maximum Gasteiger partial charge on any atom is 0.251 e. The molecule has 0 spiro atoms. The lowest BCUT2D eigenvalue weighted by molar-refractivity contribution is 0.0947. The zero-order valence-corrected chi connectivity index (χ0v) is 12.2. The number of benzene rings is 1. The van der Waals surface area contributed by atoms with Crippen LogP contribution in [0.25, 0.3) is 0 Å². The van der Waals surface area contributed by atoms with Crippen LogP contribution in [-0.2, 0) is 6.54 Å². The van der Waals surface area contributed by atoms with Crippen molar-refractivity contribution in [3.05, 3.63) is 58.5 Å². The molecule has 0 fully saturated rings. The molecule has 108 valence electrons. The van der Waals surface area contributed by atoms with Gasteiger partial charge in [0, 0.05) is 11.1 Å². The molecule has 2 aromatic rings. The van der Waals surface area contributed by atoms with Crippen molar-refractivity contribution >= 4 is 5.91 Å². The van der Waals surface area contributed by atoms with Crippen molar-refractivity contribution < 1.29 is 9.21 Å². The SMILES string of the molecule is Cc1cc(C#CCN)cc(C(=O)NCc2ccc(C)o2)c1. The van der Waals surface area contributed by atoms with Crippen LogP contribution >= 0.6 is 0 Å². The third-order valence-corrected chi connectivity index (χ3v) is 2.89. The summed E-state index contributed by atoms with van der Waals surface area (Å²) in [6.07, 6.45) is 0. The Hall–Kier alpha value is -2.51. The molecule has 0 saturated heterocycles. The van der Waals surface area contributed by atoms with Crippen LogP contribution in [0.5, 0.6) is 0 Å². The topological polar surface area (TPSA) is 68.3 Å². The predicted octanol–water partition coefficient (Wildman–Crippen LogP) is 2.14. The summed E-state index contributed by atoms with van der Waals surface area (Å²) in [5, 5.41) is 2.83. The molecule has 3 N–H and O–H groups in total. The van der Waals surface area contributed by atoms with Gasteiger partial charge in [-0.15, -0.1) is 0 Å². The Morgan fingerprint density at radius 3 is 2.76 bits per heavy atom. The molecule has 1 aromatic heterocycles. The summed E-state index contributed by atoms with van der Waals surface area (Å²) in [5.74, 6) is 7.15. The highest BCUT2D eigenvalue weighted by molar-refractivity contribution is 5.94. The van der Waals surface area contributed by atoms with E-state index in [4.69, 9.17) is 10.2 Å². The molecule has 21 heavy (non-hydrogen) atoms. The second kappa shape index (κ2) is 6.78.